The second-order valence-corrected chi connectivity index (χ2v) is 17.3. The van der Waals surface area contributed by atoms with E-state index in [9.17, 15) is 30.6 Å². The Morgan fingerprint density at radius 2 is 1.55 bits per heavy atom. The number of aliphatic hydroxyl groups is 6. The van der Waals surface area contributed by atoms with Crippen LogP contribution in [0, 0.1) is 45.3 Å². The number of hydrogen-bond donors (Lipinski definition) is 6. The molecule has 0 amide bonds. The van der Waals surface area contributed by atoms with Crippen molar-refractivity contribution >= 4 is 0 Å². The van der Waals surface area contributed by atoms with Crippen LogP contribution in [0.15, 0.2) is 11.6 Å². The summed E-state index contributed by atoms with van der Waals surface area (Å²) in [4.78, 5) is 0. The Balaban J connectivity index is 1.37. The molecule has 5 fully saturated rings. The zero-order chi connectivity index (χ0) is 32.6. The van der Waals surface area contributed by atoms with E-state index in [4.69, 9.17) is 9.47 Å². The highest BCUT2D eigenvalue weighted by atomic mass is 16.7. The van der Waals surface area contributed by atoms with Crippen molar-refractivity contribution < 1.29 is 40.1 Å². The van der Waals surface area contributed by atoms with Crippen molar-refractivity contribution in [3.8, 4) is 0 Å². The van der Waals surface area contributed by atoms with E-state index in [0.29, 0.717) is 18.3 Å². The zero-order valence-corrected chi connectivity index (χ0v) is 28.5. The monoisotopic (exact) mass is 622 g/mol. The fourth-order valence-electron chi connectivity index (χ4n) is 11.9. The van der Waals surface area contributed by atoms with E-state index in [2.05, 4.69) is 54.5 Å². The van der Waals surface area contributed by atoms with Gasteiger partial charge in [0.25, 0.3) is 0 Å². The minimum Gasteiger partial charge on any atom is -0.394 e. The fraction of sp³-hybridized carbons (Fsp3) is 0.944. The van der Waals surface area contributed by atoms with Gasteiger partial charge < -0.3 is 40.1 Å². The van der Waals surface area contributed by atoms with Crippen molar-refractivity contribution in [1.82, 2.24) is 0 Å². The molecular weight excluding hydrogens is 560 g/mol. The third-order valence-electron chi connectivity index (χ3n) is 14.5. The normalized spacial score (nSPS) is 51.5. The molecule has 0 radical (unpaired) electrons. The van der Waals surface area contributed by atoms with Gasteiger partial charge in [-0.2, -0.15) is 0 Å². The Kier molecular flexibility index (Phi) is 9.35. The molecule has 1 saturated heterocycles. The summed E-state index contributed by atoms with van der Waals surface area (Å²) < 4.78 is 12.2. The van der Waals surface area contributed by atoms with Crippen molar-refractivity contribution in [2.75, 3.05) is 6.61 Å². The second kappa shape index (κ2) is 11.8. The van der Waals surface area contributed by atoms with E-state index in [0.717, 1.165) is 51.4 Å². The Hall–Kier alpha value is -0.580. The lowest BCUT2D eigenvalue weighted by molar-refractivity contribution is -0.332. The van der Waals surface area contributed by atoms with Gasteiger partial charge in [0.1, 0.15) is 24.4 Å². The molecule has 1 heterocycles. The molecule has 8 heteroatoms. The third-order valence-corrected chi connectivity index (χ3v) is 14.5. The summed E-state index contributed by atoms with van der Waals surface area (Å²) in [5.41, 5.74) is 0.122. The van der Waals surface area contributed by atoms with Gasteiger partial charge in [0.05, 0.1) is 24.4 Å². The minimum absolute atomic E-state index is 0.0231. The molecule has 6 N–H and O–H groups in total. The van der Waals surface area contributed by atoms with E-state index in [1.165, 1.54) is 5.57 Å². The van der Waals surface area contributed by atoms with E-state index < -0.39 is 49.0 Å². The molecule has 1 aliphatic heterocycles. The molecule has 2 unspecified atom stereocenters. The van der Waals surface area contributed by atoms with Gasteiger partial charge in [0.15, 0.2) is 6.29 Å². The topological polar surface area (TPSA) is 140 Å². The van der Waals surface area contributed by atoms with Gasteiger partial charge in [-0.25, -0.2) is 0 Å². The van der Waals surface area contributed by atoms with Crippen LogP contribution in [0.25, 0.3) is 0 Å². The first-order valence-electron chi connectivity index (χ1n) is 17.3. The first-order chi connectivity index (χ1) is 20.3. The van der Waals surface area contributed by atoms with Crippen LogP contribution in [0.3, 0.4) is 0 Å². The fourth-order valence-corrected chi connectivity index (χ4v) is 11.9. The van der Waals surface area contributed by atoms with E-state index in [1.807, 2.05) is 6.92 Å². The Labute approximate surface area is 265 Å². The Morgan fingerprint density at radius 3 is 2.18 bits per heavy atom. The van der Waals surface area contributed by atoms with Gasteiger partial charge in [-0.15, -0.1) is 0 Å². The summed E-state index contributed by atoms with van der Waals surface area (Å²) in [6, 6.07) is 0. The quantitative estimate of drug-likeness (QED) is 0.182. The lowest BCUT2D eigenvalue weighted by Crippen LogP contribution is -2.67. The third kappa shape index (κ3) is 5.26. The Morgan fingerprint density at radius 1 is 0.886 bits per heavy atom. The molecule has 4 aliphatic carbocycles. The van der Waals surface area contributed by atoms with E-state index >= 15 is 0 Å². The van der Waals surface area contributed by atoms with Crippen LogP contribution in [0.5, 0.6) is 0 Å². The summed E-state index contributed by atoms with van der Waals surface area (Å²) in [5, 5.41) is 64.8. The average molecular weight is 623 g/mol. The van der Waals surface area contributed by atoms with Crippen LogP contribution in [0.4, 0.5) is 0 Å². The molecule has 0 aromatic rings. The summed E-state index contributed by atoms with van der Waals surface area (Å²) >= 11 is 0. The molecule has 0 bridgehead atoms. The zero-order valence-electron chi connectivity index (χ0n) is 28.5. The first-order valence-corrected chi connectivity index (χ1v) is 17.3. The van der Waals surface area contributed by atoms with Crippen molar-refractivity contribution in [1.29, 1.82) is 0 Å². The molecule has 0 aromatic carbocycles. The molecule has 0 spiro atoms. The lowest BCUT2D eigenvalue weighted by Gasteiger charge is -2.70. The maximum absolute atomic E-state index is 12.0. The molecule has 4 saturated carbocycles. The number of rotatable bonds is 7. The highest BCUT2D eigenvalue weighted by Gasteiger charge is 2.71. The molecule has 5 rings (SSSR count). The molecule has 5 aliphatic rings. The average Bonchev–Trinajstić information content (AvgIpc) is 3.32. The van der Waals surface area contributed by atoms with Crippen molar-refractivity contribution in [3.63, 3.8) is 0 Å². The molecule has 8 nitrogen and oxygen atoms in total. The van der Waals surface area contributed by atoms with Crippen molar-refractivity contribution in [3.05, 3.63) is 11.6 Å². The van der Waals surface area contributed by atoms with Crippen LogP contribution in [-0.2, 0) is 9.47 Å². The first kappa shape index (κ1) is 34.7. The predicted molar refractivity (Wildman–Crippen MR) is 168 cm³/mol. The van der Waals surface area contributed by atoms with Gasteiger partial charge >= 0.3 is 0 Å². The van der Waals surface area contributed by atoms with E-state index in [1.54, 1.807) is 0 Å². The van der Waals surface area contributed by atoms with Gasteiger partial charge in [-0.3, -0.25) is 0 Å². The number of aliphatic hydroxyl groups excluding tert-OH is 5. The summed E-state index contributed by atoms with van der Waals surface area (Å²) in [7, 11) is 0. The maximum atomic E-state index is 12.0. The van der Waals surface area contributed by atoms with Crippen LogP contribution < -0.4 is 0 Å². The standard InChI is InChI=1S/C36H62O8/c1-20(2)10-9-14-36(8,42)21-11-16-35(7)27(21)22(38)18-25-33(5)15-13-26(32(3,4)24(33)12-17-34(25,35)6)44-31-30(41)29(40)28(39)23(19-37)43-31/h10,21-31,37-42H,9,11-19H2,1-8H3/t21-,22+,23+,24-,25+,26-,27?,28+,29-,30+,31?,33-,34+,35+,36+/m0/s1. The summed E-state index contributed by atoms with van der Waals surface area (Å²) in [5.74, 6) is 0.792. The number of allylic oxidation sites excluding steroid dienone is 2. The van der Waals surface area contributed by atoms with Crippen molar-refractivity contribution in [2.45, 2.75) is 162 Å². The Bertz CT molecular complexity index is 1070. The van der Waals surface area contributed by atoms with Crippen molar-refractivity contribution in [2.24, 2.45) is 45.3 Å². The van der Waals surface area contributed by atoms with E-state index in [-0.39, 0.29) is 39.6 Å². The molecule has 254 valence electrons. The van der Waals surface area contributed by atoms with Gasteiger partial charge in [-0.05, 0) is 124 Å². The molecule has 44 heavy (non-hydrogen) atoms. The van der Waals surface area contributed by atoms with Crippen LogP contribution in [0.1, 0.15) is 113 Å². The summed E-state index contributed by atoms with van der Waals surface area (Å²) in [6.45, 7) is 17.5. The predicted octanol–water partition coefficient (Wildman–Crippen LogP) is 4.32. The molecule has 15 atom stereocenters. The van der Waals surface area contributed by atoms with Crippen LogP contribution in [0.2, 0.25) is 0 Å². The highest BCUT2D eigenvalue weighted by molar-refractivity contribution is 5.20. The maximum Gasteiger partial charge on any atom is 0.186 e. The van der Waals surface area contributed by atoms with Gasteiger partial charge in [0, 0.05) is 0 Å². The molecular formula is C36H62O8. The number of ether oxygens (including phenoxy) is 2. The van der Waals surface area contributed by atoms with Crippen LogP contribution in [-0.4, -0.2) is 85.8 Å². The smallest absolute Gasteiger partial charge is 0.186 e. The highest BCUT2D eigenvalue weighted by Crippen LogP contribution is 2.76. The van der Waals surface area contributed by atoms with Crippen LogP contribution >= 0.6 is 0 Å². The number of fused-ring (bicyclic) bond motifs is 5. The second-order valence-electron chi connectivity index (χ2n) is 17.3. The summed E-state index contributed by atoms with van der Waals surface area (Å²) in [6.07, 6.45) is 3.15. The molecule has 0 aromatic heterocycles. The SMILES string of the molecule is CC(C)=CCC[C@@](C)(O)[C@H]1CC[C@]2(C)C1[C@H](O)C[C@@H]1[C@@]3(C)CC[C@H](OC4O[C@H](CO)[C@@H](O)[C@H](O)[C@H]4O)C(C)(C)[C@@H]3CC[C@]12C. The largest absolute Gasteiger partial charge is 0.394 e. The lowest BCUT2D eigenvalue weighted by atomic mass is 9.35. The van der Waals surface area contributed by atoms with Gasteiger partial charge in [-0.1, -0.05) is 46.3 Å². The number of hydrogen-bond acceptors (Lipinski definition) is 8. The minimum atomic E-state index is -1.46. The van der Waals surface area contributed by atoms with Gasteiger partial charge in [0.2, 0.25) is 0 Å².